The molecule has 1 amide bonds. The van der Waals surface area contributed by atoms with Crippen LogP contribution in [0.25, 0.3) is 11.3 Å². The van der Waals surface area contributed by atoms with Crippen LogP contribution >= 0.6 is 11.6 Å². The van der Waals surface area contributed by atoms with Crippen molar-refractivity contribution in [2.24, 2.45) is 0 Å². The minimum Gasteiger partial charge on any atom is -0.360 e. The number of sulfonamides is 1. The molecule has 0 N–H and O–H groups in total. The van der Waals surface area contributed by atoms with Gasteiger partial charge in [0.1, 0.15) is 17.0 Å². The van der Waals surface area contributed by atoms with E-state index < -0.39 is 10.0 Å². The van der Waals surface area contributed by atoms with E-state index in [1.165, 1.54) is 9.87 Å². The van der Waals surface area contributed by atoms with Crippen molar-refractivity contribution >= 4 is 27.5 Å². The average molecular weight is 486 g/mol. The Balaban J connectivity index is 1.34. The van der Waals surface area contributed by atoms with Crippen molar-refractivity contribution in [1.82, 2.24) is 14.4 Å². The molecule has 1 aromatic heterocycles. The third-order valence-corrected chi connectivity index (χ3v) is 8.66. The molecule has 0 bridgehead atoms. The van der Waals surface area contributed by atoms with Gasteiger partial charge >= 0.3 is 0 Å². The summed E-state index contributed by atoms with van der Waals surface area (Å²) in [4.78, 5) is 15.3. The Hall–Kier alpha value is -2.68. The number of hydrogen-bond donors (Lipinski definition) is 0. The van der Waals surface area contributed by atoms with Crippen LogP contribution < -0.4 is 0 Å². The lowest BCUT2D eigenvalue weighted by molar-refractivity contribution is 0.0696. The number of amides is 1. The zero-order chi connectivity index (χ0) is 23.2. The number of fused-ring (bicyclic) bond motifs is 1. The van der Waals surface area contributed by atoms with Crippen LogP contribution in [-0.4, -0.2) is 54.9 Å². The van der Waals surface area contributed by atoms with Gasteiger partial charge in [0.2, 0.25) is 10.0 Å². The number of hydrogen-bond acceptors (Lipinski definition) is 5. The second-order valence-electron chi connectivity index (χ2n) is 8.42. The molecule has 1 fully saturated rings. The van der Waals surface area contributed by atoms with Crippen molar-refractivity contribution in [3.63, 3.8) is 0 Å². The molecule has 2 aliphatic rings. The number of carbonyl (C=O) groups excluding carboxylic acids is 1. The standard InChI is InChI=1S/C24H24ClN3O4S/c1-16-22(23(26-32-16)20-7-2-3-8-21(20)25)24(29)27-11-13-28(14-12-27)33(30,31)19-10-9-17-5-4-6-18(17)15-19/h2-3,7-10,15H,4-6,11-14H2,1H3. The van der Waals surface area contributed by atoms with Gasteiger partial charge in [-0.2, -0.15) is 4.31 Å². The molecule has 1 saturated heterocycles. The molecule has 0 saturated carbocycles. The molecule has 2 heterocycles. The highest BCUT2D eigenvalue weighted by Crippen LogP contribution is 2.32. The number of piperazine rings is 1. The Labute approximate surface area is 198 Å². The molecular weight excluding hydrogens is 462 g/mol. The fourth-order valence-electron chi connectivity index (χ4n) is 4.61. The van der Waals surface area contributed by atoms with Gasteiger partial charge in [-0.15, -0.1) is 0 Å². The molecule has 0 spiro atoms. The van der Waals surface area contributed by atoms with Crippen molar-refractivity contribution in [3.05, 3.63) is 69.9 Å². The first kappa shape index (κ1) is 22.1. The Morgan fingerprint density at radius 1 is 1.03 bits per heavy atom. The normalized spacial score (nSPS) is 16.7. The van der Waals surface area contributed by atoms with Crippen molar-refractivity contribution in [3.8, 4) is 11.3 Å². The quantitative estimate of drug-likeness (QED) is 0.559. The summed E-state index contributed by atoms with van der Waals surface area (Å²) in [5.41, 5.74) is 3.74. The van der Waals surface area contributed by atoms with E-state index in [9.17, 15) is 13.2 Å². The van der Waals surface area contributed by atoms with Crippen molar-refractivity contribution in [2.75, 3.05) is 26.2 Å². The molecule has 9 heteroatoms. The molecule has 3 aromatic rings. The lowest BCUT2D eigenvalue weighted by atomic mass is 10.0. The summed E-state index contributed by atoms with van der Waals surface area (Å²) in [6.07, 6.45) is 3.00. The van der Waals surface area contributed by atoms with Gasteiger partial charge in [0.05, 0.1) is 9.92 Å². The van der Waals surface area contributed by atoms with Gasteiger partial charge < -0.3 is 9.42 Å². The topological polar surface area (TPSA) is 83.7 Å². The lowest BCUT2D eigenvalue weighted by Crippen LogP contribution is -2.50. The first-order valence-corrected chi connectivity index (χ1v) is 12.8. The van der Waals surface area contributed by atoms with Crippen LogP contribution in [-0.2, 0) is 22.9 Å². The number of halogens is 1. The van der Waals surface area contributed by atoms with Crippen molar-refractivity contribution in [1.29, 1.82) is 0 Å². The van der Waals surface area contributed by atoms with Gasteiger partial charge in [-0.05, 0) is 55.5 Å². The summed E-state index contributed by atoms with van der Waals surface area (Å²) in [6, 6.07) is 12.6. The third-order valence-electron chi connectivity index (χ3n) is 6.44. The van der Waals surface area contributed by atoms with Gasteiger partial charge in [-0.3, -0.25) is 4.79 Å². The van der Waals surface area contributed by atoms with Crippen LogP contribution in [0.1, 0.15) is 33.7 Å². The maximum Gasteiger partial charge on any atom is 0.259 e. The monoisotopic (exact) mass is 485 g/mol. The molecule has 5 rings (SSSR count). The summed E-state index contributed by atoms with van der Waals surface area (Å²) >= 11 is 6.31. The molecule has 0 atom stereocenters. The predicted octanol–water partition coefficient (Wildman–Crippen LogP) is 3.94. The van der Waals surface area contributed by atoms with E-state index in [4.69, 9.17) is 16.1 Å². The maximum atomic E-state index is 13.4. The number of aromatic nitrogens is 1. The Kier molecular flexibility index (Phi) is 5.76. The highest BCUT2D eigenvalue weighted by molar-refractivity contribution is 7.89. The average Bonchev–Trinajstić information content (AvgIpc) is 3.45. The summed E-state index contributed by atoms with van der Waals surface area (Å²) < 4.78 is 33.2. The van der Waals surface area contributed by atoms with E-state index in [1.807, 2.05) is 18.2 Å². The fraction of sp³-hybridized carbons (Fsp3) is 0.333. The Morgan fingerprint density at radius 3 is 2.52 bits per heavy atom. The van der Waals surface area contributed by atoms with E-state index in [1.54, 1.807) is 36.1 Å². The SMILES string of the molecule is Cc1onc(-c2ccccc2Cl)c1C(=O)N1CCN(S(=O)(=O)c2ccc3c(c2)CCC3)CC1. The van der Waals surface area contributed by atoms with E-state index >= 15 is 0 Å². The number of aryl methyl sites for hydroxylation is 3. The van der Waals surface area contributed by atoms with Crippen LogP contribution in [0.15, 0.2) is 51.9 Å². The van der Waals surface area contributed by atoms with E-state index in [2.05, 4.69) is 5.16 Å². The van der Waals surface area contributed by atoms with E-state index in [0.717, 1.165) is 24.8 Å². The minimum atomic E-state index is -3.60. The first-order chi connectivity index (χ1) is 15.9. The number of carbonyl (C=O) groups is 1. The number of benzene rings is 2. The summed E-state index contributed by atoms with van der Waals surface area (Å²) in [7, 11) is -3.60. The van der Waals surface area contributed by atoms with Crippen LogP contribution in [0.4, 0.5) is 0 Å². The van der Waals surface area contributed by atoms with E-state index in [0.29, 0.717) is 32.5 Å². The highest BCUT2D eigenvalue weighted by Gasteiger charge is 2.33. The molecule has 172 valence electrons. The molecule has 0 radical (unpaired) electrons. The van der Waals surface area contributed by atoms with Crippen molar-refractivity contribution < 1.29 is 17.7 Å². The van der Waals surface area contributed by atoms with Crippen LogP contribution in [0, 0.1) is 6.92 Å². The zero-order valence-corrected chi connectivity index (χ0v) is 19.8. The molecule has 7 nitrogen and oxygen atoms in total. The summed E-state index contributed by atoms with van der Waals surface area (Å²) in [5, 5.41) is 4.55. The predicted molar refractivity (Wildman–Crippen MR) is 125 cm³/mol. The molecular formula is C24H24ClN3O4S. The zero-order valence-electron chi connectivity index (χ0n) is 18.3. The molecule has 2 aromatic carbocycles. The van der Waals surface area contributed by atoms with Crippen LogP contribution in [0.5, 0.6) is 0 Å². The second kappa shape index (κ2) is 8.59. The molecule has 1 aliphatic carbocycles. The van der Waals surface area contributed by atoms with Gasteiger partial charge in [0.15, 0.2) is 0 Å². The van der Waals surface area contributed by atoms with E-state index in [-0.39, 0.29) is 32.1 Å². The second-order valence-corrected chi connectivity index (χ2v) is 10.8. The van der Waals surface area contributed by atoms with Crippen LogP contribution in [0.3, 0.4) is 0 Å². The fourth-order valence-corrected chi connectivity index (χ4v) is 6.31. The Bertz CT molecular complexity index is 1330. The van der Waals surface area contributed by atoms with Gasteiger partial charge in [0, 0.05) is 31.7 Å². The van der Waals surface area contributed by atoms with Gasteiger partial charge in [-0.25, -0.2) is 8.42 Å². The van der Waals surface area contributed by atoms with Gasteiger partial charge in [0.25, 0.3) is 5.91 Å². The summed E-state index contributed by atoms with van der Waals surface area (Å²) in [5.74, 6) is 0.168. The molecule has 1 aliphatic heterocycles. The highest BCUT2D eigenvalue weighted by atomic mass is 35.5. The van der Waals surface area contributed by atoms with Crippen LogP contribution in [0.2, 0.25) is 5.02 Å². The molecule has 0 unspecified atom stereocenters. The van der Waals surface area contributed by atoms with Crippen molar-refractivity contribution in [2.45, 2.75) is 31.1 Å². The Morgan fingerprint density at radius 2 is 1.76 bits per heavy atom. The number of nitrogens with zero attached hydrogens (tertiary/aromatic N) is 3. The summed E-state index contributed by atoms with van der Waals surface area (Å²) in [6.45, 7) is 2.73. The lowest BCUT2D eigenvalue weighted by Gasteiger charge is -2.34. The maximum absolute atomic E-state index is 13.4. The first-order valence-electron chi connectivity index (χ1n) is 11.0. The largest absolute Gasteiger partial charge is 0.360 e. The smallest absolute Gasteiger partial charge is 0.259 e. The third kappa shape index (κ3) is 3.96. The molecule has 33 heavy (non-hydrogen) atoms. The minimum absolute atomic E-state index is 0.233. The van der Waals surface area contributed by atoms with Gasteiger partial charge in [-0.1, -0.05) is 41.0 Å². The number of rotatable bonds is 4.